The number of amides is 3. The summed E-state index contributed by atoms with van der Waals surface area (Å²) in [5.41, 5.74) is 0. The SMILES string of the molecule is CC(C)CNC(=O)CNC(=O)N1CCC(CC(=O)O)C1. The van der Waals surface area contributed by atoms with Crippen LogP contribution in [0.2, 0.25) is 0 Å². The number of aliphatic carboxylic acids is 1. The van der Waals surface area contributed by atoms with Crippen LogP contribution in [0.5, 0.6) is 0 Å². The van der Waals surface area contributed by atoms with Crippen molar-refractivity contribution in [2.24, 2.45) is 11.8 Å². The van der Waals surface area contributed by atoms with Gasteiger partial charge in [0.2, 0.25) is 5.91 Å². The number of hydrogen-bond donors (Lipinski definition) is 3. The number of hydrogen-bond acceptors (Lipinski definition) is 3. The van der Waals surface area contributed by atoms with Crippen molar-refractivity contribution in [2.45, 2.75) is 26.7 Å². The second kappa shape index (κ2) is 7.72. The molecule has 0 aromatic rings. The van der Waals surface area contributed by atoms with Gasteiger partial charge in [-0.15, -0.1) is 0 Å². The van der Waals surface area contributed by atoms with Crippen LogP contribution >= 0.6 is 0 Å². The molecule has 1 aliphatic heterocycles. The number of nitrogens with zero attached hydrogens (tertiary/aromatic N) is 1. The van der Waals surface area contributed by atoms with Crippen LogP contribution in [0.25, 0.3) is 0 Å². The largest absolute Gasteiger partial charge is 0.481 e. The molecule has 1 fully saturated rings. The third-order valence-electron chi connectivity index (χ3n) is 3.14. The summed E-state index contributed by atoms with van der Waals surface area (Å²) >= 11 is 0. The molecule has 0 radical (unpaired) electrons. The zero-order valence-electron chi connectivity index (χ0n) is 12.0. The van der Waals surface area contributed by atoms with Crippen LogP contribution in [0.4, 0.5) is 4.79 Å². The van der Waals surface area contributed by atoms with E-state index < -0.39 is 5.97 Å². The van der Waals surface area contributed by atoms with Crippen LogP contribution in [0, 0.1) is 11.8 Å². The molecule has 0 aromatic heterocycles. The van der Waals surface area contributed by atoms with Gasteiger partial charge in [-0.05, 0) is 18.3 Å². The molecule has 0 spiro atoms. The quantitative estimate of drug-likeness (QED) is 0.652. The molecule has 3 amide bonds. The van der Waals surface area contributed by atoms with Crippen LogP contribution < -0.4 is 10.6 Å². The third kappa shape index (κ3) is 5.90. The van der Waals surface area contributed by atoms with Gasteiger partial charge >= 0.3 is 12.0 Å². The second-order valence-electron chi connectivity index (χ2n) is 5.56. The maximum atomic E-state index is 11.8. The fraction of sp³-hybridized carbons (Fsp3) is 0.769. The lowest BCUT2D eigenvalue weighted by molar-refractivity contribution is -0.138. The summed E-state index contributed by atoms with van der Waals surface area (Å²) in [5, 5.41) is 14.0. The van der Waals surface area contributed by atoms with Crippen molar-refractivity contribution in [1.82, 2.24) is 15.5 Å². The van der Waals surface area contributed by atoms with E-state index in [1.165, 1.54) is 0 Å². The first-order valence-electron chi connectivity index (χ1n) is 6.89. The third-order valence-corrected chi connectivity index (χ3v) is 3.14. The lowest BCUT2D eigenvalue weighted by Gasteiger charge is -2.17. The molecule has 0 aromatic carbocycles. The molecular weight excluding hydrogens is 262 g/mol. The van der Waals surface area contributed by atoms with E-state index in [1.54, 1.807) is 4.90 Å². The van der Waals surface area contributed by atoms with E-state index in [1.807, 2.05) is 13.8 Å². The molecule has 3 N–H and O–H groups in total. The zero-order valence-corrected chi connectivity index (χ0v) is 12.0. The lowest BCUT2D eigenvalue weighted by Crippen LogP contribution is -2.44. The molecule has 1 heterocycles. The van der Waals surface area contributed by atoms with Crippen LogP contribution in [-0.4, -0.2) is 54.1 Å². The van der Waals surface area contributed by atoms with Crippen molar-refractivity contribution in [3.8, 4) is 0 Å². The molecule has 20 heavy (non-hydrogen) atoms. The first kappa shape index (κ1) is 16.3. The molecule has 0 saturated carbocycles. The maximum Gasteiger partial charge on any atom is 0.317 e. The Morgan fingerprint density at radius 2 is 2.00 bits per heavy atom. The Morgan fingerprint density at radius 3 is 2.60 bits per heavy atom. The molecule has 114 valence electrons. The molecule has 0 bridgehead atoms. The Hall–Kier alpha value is -1.79. The molecule has 1 rings (SSSR count). The average molecular weight is 285 g/mol. The van der Waals surface area contributed by atoms with Gasteiger partial charge in [0, 0.05) is 26.1 Å². The fourth-order valence-electron chi connectivity index (χ4n) is 2.08. The van der Waals surface area contributed by atoms with Crippen LogP contribution in [-0.2, 0) is 9.59 Å². The number of nitrogens with one attached hydrogen (secondary N) is 2. The Morgan fingerprint density at radius 1 is 1.30 bits per heavy atom. The summed E-state index contributed by atoms with van der Waals surface area (Å²) < 4.78 is 0. The van der Waals surface area contributed by atoms with Gasteiger partial charge in [-0.1, -0.05) is 13.8 Å². The normalized spacial score (nSPS) is 18.1. The van der Waals surface area contributed by atoms with E-state index in [-0.39, 0.29) is 30.8 Å². The number of carbonyl (C=O) groups excluding carboxylic acids is 2. The van der Waals surface area contributed by atoms with Gasteiger partial charge in [-0.2, -0.15) is 0 Å². The summed E-state index contributed by atoms with van der Waals surface area (Å²) in [7, 11) is 0. The number of urea groups is 1. The highest BCUT2D eigenvalue weighted by atomic mass is 16.4. The predicted molar refractivity (Wildman–Crippen MR) is 73.2 cm³/mol. The van der Waals surface area contributed by atoms with E-state index in [9.17, 15) is 14.4 Å². The van der Waals surface area contributed by atoms with Gasteiger partial charge in [0.25, 0.3) is 0 Å². The highest BCUT2D eigenvalue weighted by molar-refractivity contribution is 5.84. The molecular formula is C13H23N3O4. The van der Waals surface area contributed by atoms with Gasteiger partial charge in [0.1, 0.15) is 0 Å². The molecule has 1 saturated heterocycles. The van der Waals surface area contributed by atoms with Crippen molar-refractivity contribution in [3.05, 3.63) is 0 Å². The van der Waals surface area contributed by atoms with Crippen molar-refractivity contribution in [1.29, 1.82) is 0 Å². The van der Waals surface area contributed by atoms with Gasteiger partial charge < -0.3 is 20.6 Å². The average Bonchev–Trinajstić information content (AvgIpc) is 2.81. The first-order chi connectivity index (χ1) is 9.38. The summed E-state index contributed by atoms with van der Waals surface area (Å²) in [6, 6.07) is -0.308. The van der Waals surface area contributed by atoms with Gasteiger partial charge in [0.15, 0.2) is 0 Å². The van der Waals surface area contributed by atoms with E-state index >= 15 is 0 Å². The minimum atomic E-state index is -0.842. The number of carbonyl (C=O) groups is 3. The molecule has 1 atom stereocenters. The van der Waals surface area contributed by atoms with Crippen molar-refractivity contribution in [3.63, 3.8) is 0 Å². The van der Waals surface area contributed by atoms with E-state index in [0.29, 0.717) is 32.0 Å². The Labute approximate surface area is 118 Å². The zero-order chi connectivity index (χ0) is 15.1. The van der Waals surface area contributed by atoms with Gasteiger partial charge in [-0.3, -0.25) is 9.59 Å². The highest BCUT2D eigenvalue weighted by Crippen LogP contribution is 2.19. The Balaban J connectivity index is 2.23. The summed E-state index contributed by atoms with van der Waals surface area (Å²) in [6.45, 7) is 5.49. The van der Waals surface area contributed by atoms with Gasteiger partial charge in [-0.25, -0.2) is 4.79 Å². The standard InChI is InChI=1S/C13H23N3O4/c1-9(2)6-14-11(17)7-15-13(20)16-4-3-10(8-16)5-12(18)19/h9-10H,3-8H2,1-2H3,(H,14,17)(H,15,20)(H,18,19). The number of carboxylic acid groups (broad SMARTS) is 1. The summed E-state index contributed by atoms with van der Waals surface area (Å²) in [5.74, 6) is -0.684. The van der Waals surface area contributed by atoms with E-state index in [0.717, 1.165) is 0 Å². The molecule has 7 heteroatoms. The first-order valence-corrected chi connectivity index (χ1v) is 6.89. The smallest absolute Gasteiger partial charge is 0.317 e. The molecule has 0 aliphatic carbocycles. The van der Waals surface area contributed by atoms with Crippen LogP contribution in [0.1, 0.15) is 26.7 Å². The number of likely N-dealkylation sites (tertiary alicyclic amines) is 1. The monoisotopic (exact) mass is 285 g/mol. The Kier molecular flexibility index (Phi) is 6.27. The maximum absolute atomic E-state index is 11.8. The molecule has 7 nitrogen and oxygen atoms in total. The highest BCUT2D eigenvalue weighted by Gasteiger charge is 2.27. The van der Waals surface area contributed by atoms with Crippen molar-refractivity contribution in [2.75, 3.05) is 26.2 Å². The predicted octanol–water partition coefficient (Wildman–Crippen LogP) is 0.265. The molecule has 1 unspecified atom stereocenters. The Bertz CT molecular complexity index is 371. The van der Waals surface area contributed by atoms with Crippen LogP contribution in [0.15, 0.2) is 0 Å². The number of rotatable bonds is 6. The summed E-state index contributed by atoms with van der Waals surface area (Å²) in [6.07, 6.45) is 0.776. The van der Waals surface area contributed by atoms with E-state index in [4.69, 9.17) is 5.11 Å². The minimum absolute atomic E-state index is 0.00742. The minimum Gasteiger partial charge on any atom is -0.481 e. The fourth-order valence-corrected chi connectivity index (χ4v) is 2.08. The summed E-state index contributed by atoms with van der Waals surface area (Å²) in [4.78, 5) is 35.4. The van der Waals surface area contributed by atoms with E-state index in [2.05, 4.69) is 10.6 Å². The molecule has 1 aliphatic rings. The lowest BCUT2D eigenvalue weighted by atomic mass is 10.1. The van der Waals surface area contributed by atoms with Crippen molar-refractivity contribution < 1.29 is 19.5 Å². The van der Waals surface area contributed by atoms with Gasteiger partial charge in [0.05, 0.1) is 6.54 Å². The van der Waals surface area contributed by atoms with Crippen LogP contribution in [0.3, 0.4) is 0 Å². The van der Waals surface area contributed by atoms with Crippen molar-refractivity contribution >= 4 is 17.9 Å². The second-order valence-corrected chi connectivity index (χ2v) is 5.56. The number of carboxylic acids is 1. The topological polar surface area (TPSA) is 98.7 Å².